The molecule has 2 amide bonds. The van der Waals surface area contributed by atoms with E-state index < -0.39 is 0 Å². The largest absolute Gasteiger partial charge is 0.342 e. The van der Waals surface area contributed by atoms with Crippen LogP contribution in [0, 0.1) is 0 Å². The molecule has 6 heteroatoms. The van der Waals surface area contributed by atoms with Crippen LogP contribution in [0.25, 0.3) is 0 Å². The van der Waals surface area contributed by atoms with E-state index in [1.54, 1.807) is 23.1 Å². The van der Waals surface area contributed by atoms with Gasteiger partial charge in [0.15, 0.2) is 0 Å². The van der Waals surface area contributed by atoms with Crippen LogP contribution in [-0.4, -0.2) is 48.3 Å². The lowest BCUT2D eigenvalue weighted by Crippen LogP contribution is -2.38. The number of nitrogens with two attached hydrogens (primary N) is 1. The monoisotopic (exact) mass is 292 g/mol. The van der Waals surface area contributed by atoms with Crippen LogP contribution >= 0.6 is 0 Å². The summed E-state index contributed by atoms with van der Waals surface area (Å²) in [4.78, 5) is 27.2. The summed E-state index contributed by atoms with van der Waals surface area (Å²) in [5.74, 6) is 4.91. The predicted molar refractivity (Wildman–Crippen MR) is 82.4 cm³/mol. The fourth-order valence-electron chi connectivity index (χ4n) is 2.17. The molecule has 0 fully saturated rings. The lowest BCUT2D eigenvalue weighted by atomic mass is 10.1. The Morgan fingerprint density at radius 3 is 2.48 bits per heavy atom. The molecule has 3 N–H and O–H groups in total. The highest BCUT2D eigenvalue weighted by molar-refractivity contribution is 5.93. The van der Waals surface area contributed by atoms with Crippen molar-refractivity contribution in [1.29, 1.82) is 0 Å². The maximum Gasteiger partial charge on any atom is 0.265 e. The highest BCUT2D eigenvalue weighted by Gasteiger charge is 2.13. The molecule has 0 saturated carbocycles. The fraction of sp³-hybridized carbons (Fsp3) is 0.467. The van der Waals surface area contributed by atoms with Gasteiger partial charge < -0.3 is 4.90 Å². The van der Waals surface area contributed by atoms with Crippen LogP contribution in [0.2, 0.25) is 0 Å². The third kappa shape index (κ3) is 5.17. The van der Waals surface area contributed by atoms with Crippen molar-refractivity contribution in [2.24, 2.45) is 5.84 Å². The summed E-state index contributed by atoms with van der Waals surface area (Å²) in [6.45, 7) is 6.32. The van der Waals surface area contributed by atoms with Crippen molar-refractivity contribution < 1.29 is 9.59 Å². The summed E-state index contributed by atoms with van der Waals surface area (Å²) in [7, 11) is 1.89. The van der Waals surface area contributed by atoms with Gasteiger partial charge in [-0.15, -0.1) is 0 Å². The molecular weight excluding hydrogens is 268 g/mol. The van der Waals surface area contributed by atoms with E-state index in [9.17, 15) is 9.59 Å². The first-order chi connectivity index (χ1) is 10.0. The molecular formula is C15H24N4O2. The molecule has 0 unspecified atom stereocenters. The summed E-state index contributed by atoms with van der Waals surface area (Å²) < 4.78 is 0. The number of rotatable bonds is 7. The number of carbonyl (C=O) groups excluding carboxylic acids is 2. The maximum absolute atomic E-state index is 12.0. The normalized spacial score (nSPS) is 10.5. The van der Waals surface area contributed by atoms with Gasteiger partial charge in [0.1, 0.15) is 0 Å². The van der Waals surface area contributed by atoms with Gasteiger partial charge in [-0.25, -0.2) is 5.84 Å². The van der Waals surface area contributed by atoms with E-state index in [1.165, 1.54) is 0 Å². The van der Waals surface area contributed by atoms with Crippen molar-refractivity contribution in [1.82, 2.24) is 15.2 Å². The van der Waals surface area contributed by atoms with Crippen molar-refractivity contribution >= 4 is 11.8 Å². The first kappa shape index (κ1) is 17.1. The number of hydrogen-bond acceptors (Lipinski definition) is 4. The minimum absolute atomic E-state index is 0.110. The number of nitrogen functional groups attached to an aromatic ring is 1. The predicted octanol–water partition coefficient (Wildman–Crippen LogP) is 0.590. The molecule has 1 aromatic rings. The van der Waals surface area contributed by atoms with Crippen LogP contribution in [0.5, 0.6) is 0 Å². The molecule has 0 atom stereocenters. The molecule has 0 aliphatic carbocycles. The number of hydrogen-bond donors (Lipinski definition) is 2. The Hall–Kier alpha value is -1.92. The van der Waals surface area contributed by atoms with Crippen molar-refractivity contribution in [3.8, 4) is 0 Å². The second-order valence-electron chi connectivity index (χ2n) is 4.91. The third-order valence-electron chi connectivity index (χ3n) is 3.29. The van der Waals surface area contributed by atoms with Crippen LogP contribution in [0.1, 0.15) is 29.8 Å². The molecule has 1 aromatic carbocycles. The standard InChI is InChI=1S/C15H24N4O2/c1-4-19(5-2)14(20)11-18(3)10-12-7-6-8-13(9-12)15(21)17-16/h6-9H,4-5,10-11,16H2,1-3H3,(H,17,21). The molecule has 21 heavy (non-hydrogen) atoms. The topological polar surface area (TPSA) is 78.7 Å². The van der Waals surface area contributed by atoms with Gasteiger partial charge in [-0.2, -0.15) is 0 Å². The zero-order valence-electron chi connectivity index (χ0n) is 12.9. The van der Waals surface area contributed by atoms with Crippen molar-refractivity contribution in [3.63, 3.8) is 0 Å². The molecule has 1 rings (SSSR count). The molecule has 0 aliphatic heterocycles. The van der Waals surface area contributed by atoms with Gasteiger partial charge in [0.2, 0.25) is 5.91 Å². The Balaban J connectivity index is 2.64. The zero-order valence-corrected chi connectivity index (χ0v) is 12.9. The molecule has 0 spiro atoms. The van der Waals surface area contributed by atoms with Crippen molar-refractivity contribution in [2.75, 3.05) is 26.7 Å². The molecule has 0 aromatic heterocycles. The van der Waals surface area contributed by atoms with Gasteiger partial charge in [0, 0.05) is 25.2 Å². The van der Waals surface area contributed by atoms with E-state index in [2.05, 4.69) is 5.43 Å². The summed E-state index contributed by atoms with van der Waals surface area (Å²) in [6.07, 6.45) is 0. The Bertz CT molecular complexity index is 486. The number of benzene rings is 1. The van der Waals surface area contributed by atoms with Gasteiger partial charge in [-0.1, -0.05) is 12.1 Å². The average Bonchev–Trinajstić information content (AvgIpc) is 2.47. The second-order valence-corrected chi connectivity index (χ2v) is 4.91. The highest BCUT2D eigenvalue weighted by Crippen LogP contribution is 2.08. The number of amides is 2. The van der Waals surface area contributed by atoms with E-state index >= 15 is 0 Å². The first-order valence-corrected chi connectivity index (χ1v) is 7.08. The van der Waals surface area contributed by atoms with E-state index in [0.29, 0.717) is 18.7 Å². The Kier molecular flexibility index (Phi) is 6.84. The van der Waals surface area contributed by atoms with E-state index in [1.807, 2.05) is 31.9 Å². The van der Waals surface area contributed by atoms with Gasteiger partial charge in [0.05, 0.1) is 6.54 Å². The van der Waals surface area contributed by atoms with E-state index in [0.717, 1.165) is 18.7 Å². The van der Waals surface area contributed by atoms with E-state index in [4.69, 9.17) is 5.84 Å². The van der Waals surface area contributed by atoms with Crippen LogP contribution in [0.3, 0.4) is 0 Å². The van der Waals surface area contributed by atoms with Crippen LogP contribution in [0.4, 0.5) is 0 Å². The number of carbonyl (C=O) groups is 2. The number of nitrogens with one attached hydrogen (secondary N) is 1. The van der Waals surface area contributed by atoms with Crippen molar-refractivity contribution in [3.05, 3.63) is 35.4 Å². The SMILES string of the molecule is CCN(CC)C(=O)CN(C)Cc1cccc(C(=O)NN)c1. The van der Waals surface area contributed by atoms with Gasteiger partial charge >= 0.3 is 0 Å². The molecule has 0 aliphatic rings. The first-order valence-electron chi connectivity index (χ1n) is 7.08. The van der Waals surface area contributed by atoms with Crippen molar-refractivity contribution in [2.45, 2.75) is 20.4 Å². The molecule has 116 valence electrons. The van der Waals surface area contributed by atoms with Gasteiger partial charge in [-0.3, -0.25) is 19.9 Å². The minimum Gasteiger partial charge on any atom is -0.342 e. The number of hydrazine groups is 1. The van der Waals surface area contributed by atoms with Gasteiger partial charge in [-0.05, 0) is 38.6 Å². The molecule has 0 radical (unpaired) electrons. The highest BCUT2D eigenvalue weighted by atomic mass is 16.2. The Morgan fingerprint density at radius 2 is 1.90 bits per heavy atom. The fourth-order valence-corrected chi connectivity index (χ4v) is 2.17. The summed E-state index contributed by atoms with van der Waals surface area (Å²) in [5, 5.41) is 0. The van der Waals surface area contributed by atoms with Crippen LogP contribution < -0.4 is 11.3 Å². The third-order valence-corrected chi connectivity index (χ3v) is 3.29. The molecule has 0 heterocycles. The molecule has 0 saturated heterocycles. The zero-order chi connectivity index (χ0) is 15.8. The summed E-state index contributed by atoms with van der Waals surface area (Å²) in [5.41, 5.74) is 3.59. The average molecular weight is 292 g/mol. The quantitative estimate of drug-likeness (QED) is 0.438. The van der Waals surface area contributed by atoms with Crippen LogP contribution in [0.15, 0.2) is 24.3 Å². The minimum atomic E-state index is -0.321. The lowest BCUT2D eigenvalue weighted by molar-refractivity contribution is -0.131. The molecule has 6 nitrogen and oxygen atoms in total. The lowest BCUT2D eigenvalue weighted by Gasteiger charge is -2.23. The number of nitrogens with zero attached hydrogens (tertiary/aromatic N) is 2. The summed E-state index contributed by atoms with van der Waals surface area (Å²) >= 11 is 0. The smallest absolute Gasteiger partial charge is 0.265 e. The second kappa shape index (κ2) is 8.39. The summed E-state index contributed by atoms with van der Waals surface area (Å²) in [6, 6.07) is 7.21. The Labute approximate surface area is 125 Å². The molecule has 0 bridgehead atoms. The maximum atomic E-state index is 12.0. The van der Waals surface area contributed by atoms with E-state index in [-0.39, 0.29) is 11.8 Å². The Morgan fingerprint density at radius 1 is 1.24 bits per heavy atom. The van der Waals surface area contributed by atoms with Crippen LogP contribution in [-0.2, 0) is 11.3 Å². The number of likely N-dealkylation sites (N-methyl/N-ethyl adjacent to an activating group) is 2. The van der Waals surface area contributed by atoms with Gasteiger partial charge in [0.25, 0.3) is 5.91 Å².